The Balaban J connectivity index is 1.54. The van der Waals surface area contributed by atoms with Crippen LogP contribution in [-0.2, 0) is 9.59 Å². The number of nitro groups is 1. The first kappa shape index (κ1) is 21.5. The van der Waals surface area contributed by atoms with Crippen molar-refractivity contribution < 1.29 is 14.5 Å². The normalized spacial score (nSPS) is 13.0. The highest BCUT2D eigenvalue weighted by Crippen LogP contribution is 2.39. The second kappa shape index (κ2) is 8.54. The molecule has 0 radical (unpaired) electrons. The lowest BCUT2D eigenvalue weighted by molar-refractivity contribution is -0.384. The summed E-state index contributed by atoms with van der Waals surface area (Å²) >= 11 is 7.72. The number of hydrogen-bond donors (Lipinski definition) is 0. The predicted octanol–water partition coefficient (Wildman–Crippen LogP) is 4.32. The standard InChI is InChI=1S/C22H11ClN6O4S/c23-17-6-5-14(28-18(30)7-8-19(28)31)11-16(17)20-15(9-10-24-25-20)22-27-26-21(34-22)12-1-3-13(4-2-12)29(32)33/h1-11H. The summed E-state index contributed by atoms with van der Waals surface area (Å²) in [6.07, 6.45) is 3.90. The van der Waals surface area contributed by atoms with Gasteiger partial charge in [0.15, 0.2) is 0 Å². The summed E-state index contributed by atoms with van der Waals surface area (Å²) in [5.41, 5.74) is 2.46. The summed E-state index contributed by atoms with van der Waals surface area (Å²) in [7, 11) is 0. The Morgan fingerprint density at radius 2 is 1.59 bits per heavy atom. The first-order valence-corrected chi connectivity index (χ1v) is 10.9. The van der Waals surface area contributed by atoms with Crippen LogP contribution in [0.15, 0.2) is 66.9 Å². The molecule has 2 aromatic carbocycles. The van der Waals surface area contributed by atoms with E-state index in [0.29, 0.717) is 43.1 Å². The fourth-order valence-electron chi connectivity index (χ4n) is 3.37. The van der Waals surface area contributed by atoms with E-state index in [-0.39, 0.29) is 5.69 Å². The first-order valence-electron chi connectivity index (χ1n) is 9.69. The number of rotatable bonds is 5. The third-order valence-corrected chi connectivity index (χ3v) is 6.31. The minimum atomic E-state index is -0.471. The SMILES string of the molecule is O=C1C=CC(=O)N1c1ccc(Cl)c(-c2nnccc2-c2nnc(-c3ccc([N+](=O)[O-])cc3)s2)c1. The number of hydrogen-bond acceptors (Lipinski definition) is 9. The molecule has 0 atom stereocenters. The lowest BCUT2D eigenvalue weighted by Crippen LogP contribution is -2.29. The zero-order valence-electron chi connectivity index (χ0n) is 17.0. The Bertz CT molecular complexity index is 1480. The molecule has 0 spiro atoms. The number of carbonyl (C=O) groups is 2. The highest BCUT2D eigenvalue weighted by Gasteiger charge is 2.26. The molecular weight excluding hydrogens is 480 g/mol. The van der Waals surface area contributed by atoms with Crippen LogP contribution < -0.4 is 4.90 Å². The predicted molar refractivity (Wildman–Crippen MR) is 125 cm³/mol. The van der Waals surface area contributed by atoms with Crippen molar-refractivity contribution in [3.63, 3.8) is 0 Å². The molecule has 12 heteroatoms. The molecule has 4 aromatic rings. The molecule has 0 aliphatic carbocycles. The highest BCUT2D eigenvalue weighted by molar-refractivity contribution is 7.18. The van der Waals surface area contributed by atoms with Gasteiger partial charge in [0.2, 0.25) is 0 Å². The second-order valence-corrected chi connectivity index (χ2v) is 8.40. The zero-order chi connectivity index (χ0) is 23.8. The summed E-state index contributed by atoms with van der Waals surface area (Å²) in [4.78, 5) is 35.7. The summed E-state index contributed by atoms with van der Waals surface area (Å²) in [5, 5.41) is 29.0. The molecule has 1 aliphatic heterocycles. The van der Waals surface area contributed by atoms with Gasteiger partial charge in [-0.05, 0) is 36.4 Å². The summed E-state index contributed by atoms with van der Waals surface area (Å²) in [6, 6.07) is 12.5. The molecule has 1 aliphatic rings. The number of anilines is 1. The van der Waals surface area contributed by atoms with Crippen LogP contribution in [-0.4, -0.2) is 37.1 Å². The summed E-state index contributed by atoms with van der Waals surface area (Å²) in [5.74, 6) is -0.899. The van der Waals surface area contributed by atoms with Gasteiger partial charge >= 0.3 is 0 Å². The smallest absolute Gasteiger partial charge is 0.269 e. The topological polar surface area (TPSA) is 132 Å². The van der Waals surface area contributed by atoms with E-state index in [1.54, 1.807) is 36.4 Å². The molecule has 0 bridgehead atoms. The van der Waals surface area contributed by atoms with E-state index >= 15 is 0 Å². The summed E-state index contributed by atoms with van der Waals surface area (Å²) < 4.78 is 0. The monoisotopic (exact) mass is 490 g/mol. The van der Waals surface area contributed by atoms with E-state index in [1.807, 2.05) is 0 Å². The molecular formula is C22H11ClN6O4S. The Morgan fingerprint density at radius 3 is 2.29 bits per heavy atom. The maximum atomic E-state index is 12.1. The fourth-order valence-corrected chi connectivity index (χ4v) is 4.45. The van der Waals surface area contributed by atoms with Gasteiger partial charge in [-0.3, -0.25) is 19.7 Å². The van der Waals surface area contributed by atoms with Crippen molar-refractivity contribution in [3.8, 4) is 32.4 Å². The molecule has 2 aromatic heterocycles. The van der Waals surface area contributed by atoms with Crippen LogP contribution in [0, 0.1) is 10.1 Å². The molecule has 0 fully saturated rings. The highest BCUT2D eigenvalue weighted by atomic mass is 35.5. The van der Waals surface area contributed by atoms with Crippen molar-refractivity contribution in [3.05, 3.63) is 82.0 Å². The van der Waals surface area contributed by atoms with Crippen molar-refractivity contribution in [2.24, 2.45) is 0 Å². The van der Waals surface area contributed by atoms with Crippen molar-refractivity contribution >= 4 is 46.1 Å². The van der Waals surface area contributed by atoms with Crippen molar-refractivity contribution in [1.82, 2.24) is 20.4 Å². The molecule has 0 saturated heterocycles. The van der Waals surface area contributed by atoms with Crippen LogP contribution >= 0.6 is 22.9 Å². The maximum Gasteiger partial charge on any atom is 0.269 e. The molecule has 34 heavy (non-hydrogen) atoms. The van der Waals surface area contributed by atoms with E-state index in [2.05, 4.69) is 20.4 Å². The quantitative estimate of drug-likeness (QED) is 0.229. The number of amides is 2. The first-order chi connectivity index (χ1) is 16.4. The number of imide groups is 1. The van der Waals surface area contributed by atoms with E-state index in [0.717, 1.165) is 4.90 Å². The van der Waals surface area contributed by atoms with Crippen LogP contribution in [0.4, 0.5) is 11.4 Å². The zero-order valence-corrected chi connectivity index (χ0v) is 18.5. The molecule has 3 heterocycles. The third kappa shape index (κ3) is 3.83. The molecule has 0 unspecified atom stereocenters. The van der Waals surface area contributed by atoms with E-state index in [4.69, 9.17) is 11.6 Å². The maximum absolute atomic E-state index is 12.1. The van der Waals surface area contributed by atoms with Gasteiger partial charge in [0.05, 0.1) is 21.8 Å². The van der Waals surface area contributed by atoms with E-state index in [9.17, 15) is 19.7 Å². The number of nitrogens with zero attached hydrogens (tertiary/aromatic N) is 6. The van der Waals surface area contributed by atoms with Crippen LogP contribution in [0.1, 0.15) is 0 Å². The van der Waals surface area contributed by atoms with Crippen molar-refractivity contribution in [2.75, 3.05) is 4.90 Å². The second-order valence-electron chi connectivity index (χ2n) is 7.02. The number of non-ortho nitro benzene ring substituents is 1. The molecule has 2 amide bonds. The Hall–Kier alpha value is -4.35. The molecule has 5 rings (SSSR count). The molecule has 0 N–H and O–H groups in total. The van der Waals surface area contributed by atoms with E-state index in [1.165, 1.54) is 41.8 Å². The molecule has 166 valence electrons. The number of carbonyl (C=O) groups excluding carboxylic acids is 2. The molecule has 10 nitrogen and oxygen atoms in total. The fraction of sp³-hybridized carbons (Fsp3) is 0. The van der Waals surface area contributed by atoms with Gasteiger partial charge in [-0.15, -0.1) is 15.3 Å². The van der Waals surface area contributed by atoms with Gasteiger partial charge in [-0.2, -0.15) is 5.10 Å². The Morgan fingerprint density at radius 1 is 0.882 bits per heavy atom. The van der Waals surface area contributed by atoms with Gasteiger partial charge in [-0.25, -0.2) is 4.90 Å². The minimum absolute atomic E-state index is 0.0196. The average Bonchev–Trinajstić information content (AvgIpc) is 3.46. The largest absolute Gasteiger partial charge is 0.269 e. The van der Waals surface area contributed by atoms with Gasteiger partial charge in [0.1, 0.15) is 15.7 Å². The lowest BCUT2D eigenvalue weighted by Gasteiger charge is -2.16. The van der Waals surface area contributed by atoms with Crippen LogP contribution in [0.5, 0.6) is 0 Å². The van der Waals surface area contributed by atoms with Gasteiger partial charge in [0.25, 0.3) is 17.5 Å². The van der Waals surface area contributed by atoms with Crippen LogP contribution in [0.25, 0.3) is 32.4 Å². The van der Waals surface area contributed by atoms with Crippen molar-refractivity contribution in [2.45, 2.75) is 0 Å². The van der Waals surface area contributed by atoms with Crippen LogP contribution in [0.2, 0.25) is 5.02 Å². The average molecular weight is 491 g/mol. The number of benzene rings is 2. The number of nitro benzene ring substituents is 1. The lowest BCUT2D eigenvalue weighted by atomic mass is 10.1. The van der Waals surface area contributed by atoms with Gasteiger partial charge in [0, 0.05) is 41.0 Å². The number of halogens is 1. The third-order valence-electron chi connectivity index (χ3n) is 4.97. The Labute approximate surface area is 200 Å². The van der Waals surface area contributed by atoms with E-state index < -0.39 is 16.7 Å². The van der Waals surface area contributed by atoms with Gasteiger partial charge < -0.3 is 0 Å². The number of aromatic nitrogens is 4. The van der Waals surface area contributed by atoms with Crippen LogP contribution in [0.3, 0.4) is 0 Å². The van der Waals surface area contributed by atoms with Crippen molar-refractivity contribution in [1.29, 1.82) is 0 Å². The Kier molecular flexibility index (Phi) is 5.40. The minimum Gasteiger partial charge on any atom is -0.269 e. The summed E-state index contributed by atoms with van der Waals surface area (Å²) in [6.45, 7) is 0. The molecule has 0 saturated carbocycles. The van der Waals surface area contributed by atoms with Gasteiger partial charge in [-0.1, -0.05) is 22.9 Å².